The maximum absolute atomic E-state index is 11.3. The molecule has 3 aromatic rings. The molecule has 32 heavy (non-hydrogen) atoms. The van der Waals surface area contributed by atoms with E-state index in [-0.39, 0.29) is 24.3 Å². The summed E-state index contributed by atoms with van der Waals surface area (Å²) >= 11 is 6.37. The molecule has 0 saturated carbocycles. The molecule has 0 spiro atoms. The van der Waals surface area contributed by atoms with Crippen molar-refractivity contribution in [2.24, 2.45) is 5.73 Å². The average molecular weight is 451 g/mol. The van der Waals surface area contributed by atoms with Gasteiger partial charge in [-0.25, -0.2) is 9.97 Å². The van der Waals surface area contributed by atoms with Crippen molar-refractivity contribution in [2.45, 2.75) is 45.6 Å². The second-order valence-electron chi connectivity index (χ2n) is 7.84. The summed E-state index contributed by atoms with van der Waals surface area (Å²) in [5, 5.41) is 3.42. The molecule has 0 fully saturated rings. The average Bonchev–Trinajstić information content (AvgIpc) is 2.74. The molecule has 6 nitrogen and oxygen atoms in total. The minimum atomic E-state index is -0.352. The summed E-state index contributed by atoms with van der Waals surface area (Å²) in [7, 11) is 0. The number of rotatable bonds is 9. The predicted octanol–water partition coefficient (Wildman–Crippen LogP) is 3.73. The molecule has 166 valence electrons. The van der Waals surface area contributed by atoms with Crippen molar-refractivity contribution in [3.63, 3.8) is 0 Å². The minimum Gasteiger partial charge on any atom is -0.369 e. The lowest BCUT2D eigenvalue weighted by Crippen LogP contribution is -2.23. The molecule has 0 saturated heterocycles. The first-order valence-electron chi connectivity index (χ1n) is 10.5. The molecule has 1 aromatic heterocycles. The van der Waals surface area contributed by atoms with Crippen LogP contribution in [0.1, 0.15) is 53.7 Å². The van der Waals surface area contributed by atoms with Gasteiger partial charge < -0.3 is 11.1 Å². The topological polar surface area (TPSA) is 98.0 Å². The molecule has 2 aromatic carbocycles. The van der Waals surface area contributed by atoms with Crippen LogP contribution in [0.25, 0.3) is 0 Å². The Morgan fingerprint density at radius 1 is 1.09 bits per heavy atom. The molecule has 0 bridgehead atoms. The number of carbonyl (C=O) groups excluding carboxylic acids is 2. The van der Waals surface area contributed by atoms with Gasteiger partial charge in [0.05, 0.1) is 23.2 Å². The Morgan fingerprint density at radius 3 is 2.56 bits per heavy atom. The normalized spacial score (nSPS) is 11.7. The molecule has 0 aliphatic carbocycles. The van der Waals surface area contributed by atoms with Gasteiger partial charge in [0.1, 0.15) is 5.82 Å². The van der Waals surface area contributed by atoms with Crippen LogP contribution in [0.3, 0.4) is 0 Å². The van der Waals surface area contributed by atoms with E-state index >= 15 is 0 Å². The van der Waals surface area contributed by atoms with Crippen LogP contribution in [-0.2, 0) is 35.3 Å². The van der Waals surface area contributed by atoms with E-state index < -0.39 is 0 Å². The lowest BCUT2D eigenvalue weighted by atomic mass is 9.99. The number of hydrogen-bond donors (Lipinski definition) is 2. The Balaban J connectivity index is 1.73. The smallest absolute Gasteiger partial charge is 0.221 e. The zero-order valence-electron chi connectivity index (χ0n) is 18.3. The van der Waals surface area contributed by atoms with Crippen molar-refractivity contribution in [2.75, 3.05) is 0 Å². The second-order valence-corrected chi connectivity index (χ2v) is 8.24. The number of aromatic nitrogens is 2. The Labute approximate surface area is 193 Å². The Kier molecular flexibility index (Phi) is 7.95. The fourth-order valence-electron chi connectivity index (χ4n) is 3.66. The number of carbonyl (C=O) groups is 2. The van der Waals surface area contributed by atoms with Gasteiger partial charge in [-0.2, -0.15) is 0 Å². The van der Waals surface area contributed by atoms with Gasteiger partial charge in [-0.05, 0) is 42.0 Å². The van der Waals surface area contributed by atoms with E-state index in [2.05, 4.69) is 16.4 Å². The van der Waals surface area contributed by atoms with E-state index in [0.29, 0.717) is 30.1 Å². The summed E-state index contributed by atoms with van der Waals surface area (Å²) in [6.45, 7) is 3.46. The molecule has 0 radical (unpaired) electrons. The zero-order valence-corrected chi connectivity index (χ0v) is 19.0. The van der Waals surface area contributed by atoms with Crippen molar-refractivity contribution >= 4 is 23.4 Å². The number of nitrogens with one attached hydrogen (secondary N) is 1. The van der Waals surface area contributed by atoms with Crippen molar-refractivity contribution in [1.29, 1.82) is 0 Å². The van der Waals surface area contributed by atoms with Crippen molar-refractivity contribution in [3.05, 3.63) is 93.5 Å². The molecule has 1 heterocycles. The second kappa shape index (κ2) is 10.9. The van der Waals surface area contributed by atoms with Crippen LogP contribution < -0.4 is 11.1 Å². The Morgan fingerprint density at radius 2 is 1.84 bits per heavy atom. The Bertz CT molecular complexity index is 1120. The standard InChI is InChI=1S/C25H27ClN4O2/c1-16(29-17(2)31)20-9-5-6-18(12-20)13-25-28-15-22(26)23(30-25)11-10-19-7-3-4-8-21(19)14-24(27)32/h3-9,12,15-16H,10-11,13-14H2,1-2H3,(H2,27,32)(H,29,31). The number of nitrogens with zero attached hydrogens (tertiary/aromatic N) is 2. The first-order valence-corrected chi connectivity index (χ1v) is 10.9. The molecule has 0 aliphatic rings. The van der Waals surface area contributed by atoms with Crippen LogP contribution in [0.15, 0.2) is 54.7 Å². The number of amides is 2. The highest BCUT2D eigenvalue weighted by atomic mass is 35.5. The van der Waals surface area contributed by atoms with Crippen LogP contribution in [0, 0.1) is 0 Å². The molecule has 3 rings (SSSR count). The fourth-order valence-corrected chi connectivity index (χ4v) is 3.85. The van der Waals surface area contributed by atoms with Crippen LogP contribution >= 0.6 is 11.6 Å². The SMILES string of the molecule is CC(=O)NC(C)c1cccc(Cc2ncc(Cl)c(CCc3ccccc3CC(N)=O)n2)c1. The number of benzene rings is 2. The summed E-state index contributed by atoms with van der Waals surface area (Å²) in [4.78, 5) is 31.8. The quantitative estimate of drug-likeness (QED) is 0.519. The molecule has 2 amide bonds. The van der Waals surface area contributed by atoms with Crippen molar-refractivity contribution in [3.8, 4) is 0 Å². The molecule has 1 atom stereocenters. The summed E-state index contributed by atoms with van der Waals surface area (Å²) in [6.07, 6.45) is 3.74. The molecule has 7 heteroatoms. The van der Waals surface area contributed by atoms with Gasteiger partial charge in [0, 0.05) is 19.5 Å². The highest BCUT2D eigenvalue weighted by molar-refractivity contribution is 6.31. The monoisotopic (exact) mass is 450 g/mol. The van der Waals surface area contributed by atoms with Gasteiger partial charge in [-0.15, -0.1) is 0 Å². The largest absolute Gasteiger partial charge is 0.369 e. The molecular weight excluding hydrogens is 424 g/mol. The van der Waals surface area contributed by atoms with Crippen molar-refractivity contribution in [1.82, 2.24) is 15.3 Å². The minimum absolute atomic E-state index is 0.0639. The third-order valence-corrected chi connectivity index (χ3v) is 5.53. The van der Waals surface area contributed by atoms with E-state index in [4.69, 9.17) is 22.3 Å². The maximum atomic E-state index is 11.3. The van der Waals surface area contributed by atoms with E-state index in [1.807, 2.05) is 49.4 Å². The third kappa shape index (κ3) is 6.62. The number of hydrogen-bond acceptors (Lipinski definition) is 4. The summed E-state index contributed by atoms with van der Waals surface area (Å²) < 4.78 is 0. The number of aryl methyl sites for hydroxylation is 2. The van der Waals surface area contributed by atoms with Crippen LogP contribution in [0.2, 0.25) is 5.02 Å². The van der Waals surface area contributed by atoms with Gasteiger partial charge in [0.15, 0.2) is 0 Å². The summed E-state index contributed by atoms with van der Waals surface area (Å²) in [5.74, 6) is 0.264. The summed E-state index contributed by atoms with van der Waals surface area (Å²) in [5.41, 5.74) is 10.2. The van der Waals surface area contributed by atoms with Crippen LogP contribution in [-0.4, -0.2) is 21.8 Å². The van der Waals surface area contributed by atoms with Gasteiger partial charge >= 0.3 is 0 Å². The summed E-state index contributed by atoms with van der Waals surface area (Å²) in [6, 6.07) is 15.7. The zero-order chi connectivity index (χ0) is 23.1. The van der Waals surface area contributed by atoms with Crippen molar-refractivity contribution < 1.29 is 9.59 Å². The molecule has 1 unspecified atom stereocenters. The highest BCUT2D eigenvalue weighted by Crippen LogP contribution is 2.20. The maximum Gasteiger partial charge on any atom is 0.221 e. The van der Waals surface area contributed by atoms with Gasteiger partial charge in [0.25, 0.3) is 0 Å². The van der Waals surface area contributed by atoms with E-state index in [1.54, 1.807) is 6.20 Å². The van der Waals surface area contributed by atoms with E-state index in [9.17, 15) is 9.59 Å². The fraction of sp³-hybridized carbons (Fsp3) is 0.280. The first-order chi connectivity index (χ1) is 15.3. The van der Waals surface area contributed by atoms with Gasteiger partial charge in [-0.1, -0.05) is 60.1 Å². The Hall–Kier alpha value is -3.25. The predicted molar refractivity (Wildman–Crippen MR) is 125 cm³/mol. The molecule has 3 N–H and O–H groups in total. The molecule has 0 aliphatic heterocycles. The van der Waals surface area contributed by atoms with E-state index in [1.165, 1.54) is 6.92 Å². The highest BCUT2D eigenvalue weighted by Gasteiger charge is 2.11. The lowest BCUT2D eigenvalue weighted by molar-refractivity contribution is -0.119. The number of halogens is 1. The van der Waals surface area contributed by atoms with Gasteiger partial charge in [-0.3, -0.25) is 9.59 Å². The number of primary amides is 1. The first kappa shape index (κ1) is 23.4. The van der Waals surface area contributed by atoms with Crippen LogP contribution in [0.4, 0.5) is 0 Å². The van der Waals surface area contributed by atoms with Gasteiger partial charge in [0.2, 0.25) is 11.8 Å². The number of nitrogens with two attached hydrogens (primary N) is 1. The lowest BCUT2D eigenvalue weighted by Gasteiger charge is -2.14. The van der Waals surface area contributed by atoms with Crippen LogP contribution in [0.5, 0.6) is 0 Å². The third-order valence-electron chi connectivity index (χ3n) is 5.21. The van der Waals surface area contributed by atoms with E-state index in [0.717, 1.165) is 27.9 Å². The molecular formula is C25H27ClN4O2.